The molecule has 0 aliphatic carbocycles. The first-order valence-electron chi connectivity index (χ1n) is 8.47. The molecule has 0 unspecified atom stereocenters. The normalized spacial score (nSPS) is 25.6. The molecule has 2 heterocycles. The predicted molar refractivity (Wildman–Crippen MR) is 88.6 cm³/mol. The van der Waals surface area contributed by atoms with Crippen molar-refractivity contribution in [2.24, 2.45) is 0 Å². The number of para-hydroxylation sites is 1. The molecule has 5 heteroatoms. The lowest BCUT2D eigenvalue weighted by Gasteiger charge is -2.34. The van der Waals surface area contributed by atoms with Crippen molar-refractivity contribution in [3.63, 3.8) is 0 Å². The number of carbonyl (C=O) groups excluding carboxylic acids is 1. The van der Waals surface area contributed by atoms with E-state index in [1.807, 2.05) is 11.0 Å². The van der Waals surface area contributed by atoms with E-state index in [0.717, 1.165) is 42.8 Å². The number of hydrogen-bond acceptors (Lipinski definition) is 4. The summed E-state index contributed by atoms with van der Waals surface area (Å²) < 4.78 is 6.19. The number of likely N-dealkylation sites (tertiary alicyclic amines) is 1. The van der Waals surface area contributed by atoms with E-state index in [1.54, 1.807) is 0 Å². The second kappa shape index (κ2) is 6.89. The Kier molecular flexibility index (Phi) is 4.87. The quantitative estimate of drug-likeness (QED) is 0.884. The lowest BCUT2D eigenvalue weighted by atomic mass is 10.0. The zero-order chi connectivity index (χ0) is 16.4. The molecule has 1 amide bonds. The van der Waals surface area contributed by atoms with Crippen LogP contribution in [0.5, 0.6) is 5.75 Å². The first-order valence-corrected chi connectivity index (χ1v) is 8.47. The van der Waals surface area contributed by atoms with Crippen LogP contribution in [0.15, 0.2) is 18.2 Å². The highest BCUT2D eigenvalue weighted by Crippen LogP contribution is 2.26. The third kappa shape index (κ3) is 3.67. The number of aliphatic hydroxyl groups is 1. The number of β-amino-alcohol motifs (C(OH)–C–C–N with tert-alkyl or cyclic N) is 1. The topological polar surface area (TPSA) is 61.8 Å². The second-order valence-electron chi connectivity index (χ2n) is 6.71. The van der Waals surface area contributed by atoms with E-state index in [1.165, 1.54) is 0 Å². The van der Waals surface area contributed by atoms with Crippen molar-refractivity contribution < 1.29 is 14.6 Å². The third-order valence-corrected chi connectivity index (χ3v) is 4.85. The molecule has 0 radical (unpaired) electrons. The average molecular weight is 318 g/mol. The van der Waals surface area contributed by atoms with Crippen molar-refractivity contribution in [3.8, 4) is 5.75 Å². The van der Waals surface area contributed by atoms with E-state index in [4.69, 9.17) is 4.74 Å². The molecule has 23 heavy (non-hydrogen) atoms. The van der Waals surface area contributed by atoms with E-state index < -0.39 is 6.10 Å². The molecule has 0 saturated carbocycles. The number of benzene rings is 1. The van der Waals surface area contributed by atoms with E-state index in [0.29, 0.717) is 13.0 Å². The molecule has 3 rings (SSSR count). The highest BCUT2D eigenvalue weighted by molar-refractivity contribution is 5.82. The maximum Gasteiger partial charge on any atom is 0.239 e. The molecule has 0 bridgehead atoms. The first kappa shape index (κ1) is 16.3. The summed E-state index contributed by atoms with van der Waals surface area (Å²) in [6.45, 7) is 6.10. The predicted octanol–water partition coefficient (Wildman–Crippen LogP) is 1.40. The summed E-state index contributed by atoms with van der Waals surface area (Å²) in [5, 5.41) is 12.6. The number of nitrogens with one attached hydrogen (secondary N) is 1. The van der Waals surface area contributed by atoms with Crippen LogP contribution in [0.2, 0.25) is 0 Å². The van der Waals surface area contributed by atoms with Crippen LogP contribution in [-0.2, 0) is 4.79 Å². The van der Waals surface area contributed by atoms with Crippen molar-refractivity contribution >= 4 is 5.91 Å². The zero-order valence-corrected chi connectivity index (χ0v) is 13.9. The Morgan fingerprint density at radius 2 is 1.91 bits per heavy atom. The van der Waals surface area contributed by atoms with Gasteiger partial charge in [-0.2, -0.15) is 0 Å². The third-order valence-electron chi connectivity index (χ3n) is 4.85. The summed E-state index contributed by atoms with van der Waals surface area (Å²) in [4.78, 5) is 14.3. The smallest absolute Gasteiger partial charge is 0.239 e. The van der Waals surface area contributed by atoms with Crippen LogP contribution in [0.1, 0.15) is 30.4 Å². The summed E-state index contributed by atoms with van der Waals surface area (Å²) in [6, 6.07) is 5.96. The summed E-state index contributed by atoms with van der Waals surface area (Å²) in [5.41, 5.74) is 2.32. The van der Waals surface area contributed by atoms with Gasteiger partial charge in [0.05, 0.1) is 12.1 Å². The van der Waals surface area contributed by atoms with Crippen LogP contribution in [0, 0.1) is 13.8 Å². The maximum atomic E-state index is 12.4. The van der Waals surface area contributed by atoms with Crippen LogP contribution in [-0.4, -0.2) is 53.8 Å². The molecule has 2 atom stereocenters. The van der Waals surface area contributed by atoms with Gasteiger partial charge in [-0.3, -0.25) is 4.79 Å². The lowest BCUT2D eigenvalue weighted by Crippen LogP contribution is -2.48. The van der Waals surface area contributed by atoms with Crippen molar-refractivity contribution in [1.29, 1.82) is 0 Å². The molecule has 0 spiro atoms. The summed E-state index contributed by atoms with van der Waals surface area (Å²) in [7, 11) is 0. The monoisotopic (exact) mass is 318 g/mol. The van der Waals surface area contributed by atoms with Gasteiger partial charge in [-0.15, -0.1) is 0 Å². The zero-order valence-electron chi connectivity index (χ0n) is 13.9. The van der Waals surface area contributed by atoms with Gasteiger partial charge in [0.1, 0.15) is 11.9 Å². The number of ether oxygens (including phenoxy) is 1. The van der Waals surface area contributed by atoms with Gasteiger partial charge in [0, 0.05) is 32.5 Å². The van der Waals surface area contributed by atoms with Crippen molar-refractivity contribution in [1.82, 2.24) is 10.2 Å². The molecular weight excluding hydrogens is 292 g/mol. The van der Waals surface area contributed by atoms with E-state index in [9.17, 15) is 9.90 Å². The molecule has 1 aromatic rings. The standard InChI is InChI=1S/C18H26N2O3/c1-12-4-3-5-13(2)17(12)23-15-6-8-20(9-7-15)18(22)16-10-14(21)11-19-16/h3-5,14-16,19,21H,6-11H2,1-2H3/t14-,16+/m1/s1. The summed E-state index contributed by atoms with van der Waals surface area (Å²) in [5.74, 6) is 1.10. The highest BCUT2D eigenvalue weighted by Gasteiger charge is 2.33. The van der Waals surface area contributed by atoms with Gasteiger partial charge >= 0.3 is 0 Å². The van der Waals surface area contributed by atoms with Crippen molar-refractivity contribution in [3.05, 3.63) is 29.3 Å². The minimum absolute atomic E-state index is 0.118. The molecular formula is C18H26N2O3. The average Bonchev–Trinajstić information content (AvgIpc) is 2.97. The number of amides is 1. The Balaban J connectivity index is 1.53. The van der Waals surface area contributed by atoms with Crippen molar-refractivity contribution in [2.45, 2.75) is 51.4 Å². The van der Waals surface area contributed by atoms with Crippen LogP contribution in [0.4, 0.5) is 0 Å². The minimum atomic E-state index is -0.395. The molecule has 2 saturated heterocycles. The van der Waals surface area contributed by atoms with Crippen LogP contribution in [0.25, 0.3) is 0 Å². The number of aryl methyl sites for hydroxylation is 2. The largest absolute Gasteiger partial charge is 0.490 e. The van der Waals surface area contributed by atoms with Gasteiger partial charge in [-0.05, 0) is 31.4 Å². The fraction of sp³-hybridized carbons (Fsp3) is 0.611. The Hall–Kier alpha value is -1.59. The number of hydrogen-bond donors (Lipinski definition) is 2. The SMILES string of the molecule is Cc1cccc(C)c1OC1CCN(C(=O)[C@@H]2C[C@@H](O)CN2)CC1. The fourth-order valence-corrected chi connectivity index (χ4v) is 3.47. The number of nitrogens with zero attached hydrogens (tertiary/aromatic N) is 1. The van der Waals surface area contributed by atoms with Gasteiger partial charge in [0.15, 0.2) is 0 Å². The minimum Gasteiger partial charge on any atom is -0.490 e. The molecule has 126 valence electrons. The molecule has 2 fully saturated rings. The van der Waals surface area contributed by atoms with Gasteiger partial charge < -0.3 is 20.1 Å². The van der Waals surface area contributed by atoms with Gasteiger partial charge in [-0.1, -0.05) is 18.2 Å². The van der Waals surface area contributed by atoms with Gasteiger partial charge in [0.25, 0.3) is 0 Å². The number of aliphatic hydroxyl groups excluding tert-OH is 1. The number of rotatable bonds is 3. The van der Waals surface area contributed by atoms with E-state index in [-0.39, 0.29) is 18.1 Å². The maximum absolute atomic E-state index is 12.4. The molecule has 1 aromatic carbocycles. The van der Waals surface area contributed by atoms with Crippen LogP contribution < -0.4 is 10.1 Å². The number of carbonyl (C=O) groups is 1. The molecule has 5 nitrogen and oxygen atoms in total. The van der Waals surface area contributed by atoms with E-state index >= 15 is 0 Å². The van der Waals surface area contributed by atoms with E-state index in [2.05, 4.69) is 31.3 Å². The lowest BCUT2D eigenvalue weighted by molar-refractivity contribution is -0.135. The number of piperidine rings is 1. The molecule has 2 aliphatic rings. The Morgan fingerprint density at radius 3 is 2.48 bits per heavy atom. The van der Waals surface area contributed by atoms with Gasteiger partial charge in [-0.25, -0.2) is 0 Å². The Morgan fingerprint density at radius 1 is 1.26 bits per heavy atom. The summed E-state index contributed by atoms with van der Waals surface area (Å²) in [6.07, 6.45) is 2.01. The molecule has 0 aromatic heterocycles. The highest BCUT2D eigenvalue weighted by atomic mass is 16.5. The molecule has 2 aliphatic heterocycles. The molecule has 2 N–H and O–H groups in total. The Bertz CT molecular complexity index is 547. The Labute approximate surface area is 137 Å². The van der Waals surface area contributed by atoms with Crippen LogP contribution >= 0.6 is 0 Å². The van der Waals surface area contributed by atoms with Gasteiger partial charge in [0.2, 0.25) is 5.91 Å². The van der Waals surface area contributed by atoms with Crippen LogP contribution in [0.3, 0.4) is 0 Å². The fourth-order valence-electron chi connectivity index (χ4n) is 3.47. The van der Waals surface area contributed by atoms with Crippen molar-refractivity contribution in [2.75, 3.05) is 19.6 Å². The first-order chi connectivity index (χ1) is 11.0. The summed E-state index contributed by atoms with van der Waals surface area (Å²) >= 11 is 0. The second-order valence-corrected chi connectivity index (χ2v) is 6.71.